The quantitative estimate of drug-likeness (QED) is 0.792. The summed E-state index contributed by atoms with van der Waals surface area (Å²) in [4.78, 5) is 0. The molecule has 0 fully saturated rings. The van der Waals surface area contributed by atoms with Gasteiger partial charge in [0.15, 0.2) is 0 Å². The van der Waals surface area contributed by atoms with Crippen LogP contribution in [0, 0.1) is 5.92 Å². The summed E-state index contributed by atoms with van der Waals surface area (Å²) in [6, 6.07) is 0. The van der Waals surface area contributed by atoms with E-state index < -0.39 is 0 Å². The molecule has 0 aliphatic rings. The van der Waals surface area contributed by atoms with Crippen molar-refractivity contribution >= 4 is 0 Å². The lowest BCUT2D eigenvalue weighted by atomic mass is 10.1. The number of aryl methyl sites for hydroxylation is 2. The average Bonchev–Trinajstić information content (AvgIpc) is 2.65. The normalized spacial score (nSPS) is 11.4. The molecule has 0 atom stereocenters. The molecule has 0 aliphatic carbocycles. The fourth-order valence-corrected chi connectivity index (χ4v) is 2.34. The van der Waals surface area contributed by atoms with Crippen molar-refractivity contribution in [3.8, 4) is 0 Å². The third-order valence-electron chi connectivity index (χ3n) is 3.27. The summed E-state index contributed by atoms with van der Waals surface area (Å²) >= 11 is 0. The van der Waals surface area contributed by atoms with E-state index in [1.54, 1.807) is 0 Å². The van der Waals surface area contributed by atoms with Gasteiger partial charge in [-0.1, -0.05) is 27.7 Å². The maximum atomic E-state index is 5.84. The minimum Gasteiger partial charge on any atom is -0.326 e. The molecule has 1 rings (SSSR count). The number of hydrogen-bond donors (Lipinski definition) is 1. The van der Waals surface area contributed by atoms with Gasteiger partial charge in [-0.15, -0.1) is 0 Å². The smallest absolute Gasteiger partial charge is 0.0669 e. The molecule has 0 aliphatic heterocycles. The monoisotopic (exact) mass is 237 g/mol. The molecular weight excluding hydrogens is 210 g/mol. The topological polar surface area (TPSA) is 43.8 Å². The molecule has 1 aromatic heterocycles. The predicted octanol–water partition coefficient (Wildman–Crippen LogP) is 2.90. The van der Waals surface area contributed by atoms with Gasteiger partial charge >= 0.3 is 0 Å². The van der Waals surface area contributed by atoms with E-state index in [0.29, 0.717) is 6.54 Å². The van der Waals surface area contributed by atoms with Crippen LogP contribution in [0.4, 0.5) is 0 Å². The van der Waals surface area contributed by atoms with Gasteiger partial charge < -0.3 is 5.73 Å². The van der Waals surface area contributed by atoms with E-state index >= 15 is 0 Å². The van der Waals surface area contributed by atoms with Crippen LogP contribution < -0.4 is 5.73 Å². The number of aromatic nitrogens is 2. The van der Waals surface area contributed by atoms with Crippen molar-refractivity contribution in [3.63, 3.8) is 0 Å². The lowest BCUT2D eigenvalue weighted by molar-refractivity contribution is 0.479. The molecular formula is C14H27N3. The van der Waals surface area contributed by atoms with Gasteiger partial charge in [-0.25, -0.2) is 0 Å². The van der Waals surface area contributed by atoms with E-state index in [2.05, 4.69) is 32.4 Å². The lowest BCUT2D eigenvalue weighted by Gasteiger charge is -2.08. The van der Waals surface area contributed by atoms with Crippen LogP contribution in [-0.2, 0) is 25.9 Å². The highest BCUT2D eigenvalue weighted by Gasteiger charge is 2.13. The standard InChI is InChI=1S/C14H27N3/c1-5-13-12(10-15)14(6-2)17(16-13)9-7-8-11(3)4/h11H,5-10,15H2,1-4H3. The first kappa shape index (κ1) is 14.2. The van der Waals surface area contributed by atoms with Crippen LogP contribution in [0.15, 0.2) is 0 Å². The van der Waals surface area contributed by atoms with Crippen LogP contribution in [-0.4, -0.2) is 9.78 Å². The maximum Gasteiger partial charge on any atom is 0.0669 e. The van der Waals surface area contributed by atoms with Crippen LogP contribution >= 0.6 is 0 Å². The second-order valence-corrected chi connectivity index (χ2v) is 5.04. The van der Waals surface area contributed by atoms with E-state index in [4.69, 9.17) is 10.8 Å². The van der Waals surface area contributed by atoms with Crippen LogP contribution in [0.2, 0.25) is 0 Å². The van der Waals surface area contributed by atoms with Gasteiger partial charge in [-0.2, -0.15) is 5.10 Å². The largest absolute Gasteiger partial charge is 0.326 e. The first-order chi connectivity index (χ1) is 8.13. The van der Waals surface area contributed by atoms with E-state index in [1.807, 2.05) is 0 Å². The Balaban J connectivity index is 2.80. The minimum absolute atomic E-state index is 0.622. The molecule has 0 amide bonds. The van der Waals surface area contributed by atoms with Crippen molar-refractivity contribution < 1.29 is 0 Å². The summed E-state index contributed by atoms with van der Waals surface area (Å²) in [5.74, 6) is 0.773. The molecule has 0 bridgehead atoms. The van der Waals surface area contributed by atoms with Crippen LogP contribution in [0.25, 0.3) is 0 Å². The fraction of sp³-hybridized carbons (Fsp3) is 0.786. The summed E-state index contributed by atoms with van der Waals surface area (Å²) in [7, 11) is 0. The van der Waals surface area contributed by atoms with Gasteiger partial charge in [0, 0.05) is 24.3 Å². The highest BCUT2D eigenvalue weighted by Crippen LogP contribution is 2.17. The van der Waals surface area contributed by atoms with Crippen LogP contribution in [0.3, 0.4) is 0 Å². The molecule has 0 spiro atoms. The molecule has 98 valence electrons. The molecule has 3 heteroatoms. The molecule has 1 aromatic rings. The van der Waals surface area contributed by atoms with Gasteiger partial charge in [0.05, 0.1) is 5.69 Å². The number of hydrogen-bond acceptors (Lipinski definition) is 2. The number of nitrogens with two attached hydrogens (primary N) is 1. The highest BCUT2D eigenvalue weighted by atomic mass is 15.3. The predicted molar refractivity (Wildman–Crippen MR) is 72.9 cm³/mol. The Kier molecular flexibility index (Phi) is 5.69. The summed E-state index contributed by atoms with van der Waals surface area (Å²) < 4.78 is 2.18. The van der Waals surface area contributed by atoms with E-state index in [-0.39, 0.29) is 0 Å². The van der Waals surface area contributed by atoms with Crippen molar-refractivity contribution in [1.29, 1.82) is 0 Å². The molecule has 0 saturated carbocycles. The van der Waals surface area contributed by atoms with Crippen molar-refractivity contribution in [2.45, 2.75) is 66.5 Å². The third kappa shape index (κ3) is 3.56. The zero-order valence-corrected chi connectivity index (χ0v) is 11.8. The zero-order valence-electron chi connectivity index (χ0n) is 11.8. The minimum atomic E-state index is 0.622. The van der Waals surface area contributed by atoms with Gasteiger partial charge in [0.2, 0.25) is 0 Å². The van der Waals surface area contributed by atoms with E-state index in [1.165, 1.54) is 29.8 Å². The molecule has 1 heterocycles. The average molecular weight is 237 g/mol. The Morgan fingerprint density at radius 3 is 2.41 bits per heavy atom. The van der Waals surface area contributed by atoms with E-state index in [9.17, 15) is 0 Å². The Hall–Kier alpha value is -0.830. The Morgan fingerprint density at radius 1 is 1.24 bits per heavy atom. The summed E-state index contributed by atoms with van der Waals surface area (Å²) in [6.07, 6.45) is 4.49. The zero-order chi connectivity index (χ0) is 12.8. The van der Waals surface area contributed by atoms with Crippen LogP contribution in [0.1, 0.15) is 57.5 Å². The van der Waals surface area contributed by atoms with E-state index in [0.717, 1.165) is 25.3 Å². The van der Waals surface area contributed by atoms with Crippen molar-refractivity contribution in [3.05, 3.63) is 17.0 Å². The number of nitrogens with zero attached hydrogens (tertiary/aromatic N) is 2. The van der Waals surface area contributed by atoms with Crippen molar-refractivity contribution in [2.75, 3.05) is 0 Å². The second-order valence-electron chi connectivity index (χ2n) is 5.04. The molecule has 2 N–H and O–H groups in total. The fourth-order valence-electron chi connectivity index (χ4n) is 2.34. The molecule has 0 aromatic carbocycles. The Bertz CT molecular complexity index is 339. The molecule has 0 unspecified atom stereocenters. The third-order valence-corrected chi connectivity index (χ3v) is 3.27. The van der Waals surface area contributed by atoms with Gasteiger partial charge in [-0.05, 0) is 31.6 Å². The van der Waals surface area contributed by atoms with Crippen molar-refractivity contribution in [2.24, 2.45) is 11.7 Å². The maximum absolute atomic E-state index is 5.84. The SMILES string of the molecule is CCc1nn(CCCC(C)C)c(CC)c1CN. The lowest BCUT2D eigenvalue weighted by Crippen LogP contribution is -2.07. The summed E-state index contributed by atoms with van der Waals surface area (Å²) in [6.45, 7) is 10.5. The van der Waals surface area contributed by atoms with Gasteiger partial charge in [0.25, 0.3) is 0 Å². The number of rotatable bonds is 7. The summed E-state index contributed by atoms with van der Waals surface area (Å²) in [5.41, 5.74) is 9.65. The van der Waals surface area contributed by atoms with Gasteiger partial charge in [0.1, 0.15) is 0 Å². The Labute approximate surface area is 105 Å². The first-order valence-electron chi connectivity index (χ1n) is 6.91. The molecule has 17 heavy (non-hydrogen) atoms. The molecule has 0 saturated heterocycles. The molecule has 0 radical (unpaired) electrons. The first-order valence-corrected chi connectivity index (χ1v) is 6.91. The van der Waals surface area contributed by atoms with Gasteiger partial charge in [-0.3, -0.25) is 4.68 Å². The Morgan fingerprint density at radius 2 is 1.94 bits per heavy atom. The summed E-state index contributed by atoms with van der Waals surface area (Å²) in [5, 5.41) is 4.70. The molecule has 3 nitrogen and oxygen atoms in total. The second kappa shape index (κ2) is 6.80. The van der Waals surface area contributed by atoms with Crippen molar-refractivity contribution in [1.82, 2.24) is 9.78 Å². The van der Waals surface area contributed by atoms with Crippen LogP contribution in [0.5, 0.6) is 0 Å². The highest BCUT2D eigenvalue weighted by molar-refractivity contribution is 5.26.